The molecule has 2 fully saturated rings. The summed E-state index contributed by atoms with van der Waals surface area (Å²) in [5.74, 6) is 1.54. The van der Waals surface area contributed by atoms with E-state index in [0.29, 0.717) is 19.2 Å². The number of ether oxygens (including phenoxy) is 2. The first-order valence-electron chi connectivity index (χ1n) is 14.4. The van der Waals surface area contributed by atoms with Crippen LogP contribution in [0.4, 0.5) is 5.82 Å². The number of hydrogen-bond acceptors (Lipinski definition) is 10. The summed E-state index contributed by atoms with van der Waals surface area (Å²) in [5.41, 5.74) is 5.40. The van der Waals surface area contributed by atoms with Crippen LogP contribution in [0, 0.1) is 5.41 Å². The van der Waals surface area contributed by atoms with Gasteiger partial charge in [-0.25, -0.2) is 15.0 Å². The molecule has 4 aromatic rings. The minimum atomic E-state index is 0.504. The first-order valence-corrected chi connectivity index (χ1v) is 14.4. The molecule has 3 N–H and O–H groups in total. The number of pyridine rings is 1. The van der Waals surface area contributed by atoms with Crippen LogP contribution in [0.25, 0.3) is 22.6 Å². The summed E-state index contributed by atoms with van der Waals surface area (Å²) >= 11 is 0. The van der Waals surface area contributed by atoms with Crippen LogP contribution < -0.4 is 15.4 Å². The van der Waals surface area contributed by atoms with E-state index in [9.17, 15) is 0 Å². The second-order valence-corrected chi connectivity index (χ2v) is 10.5. The molecule has 6 rings (SSSR count). The van der Waals surface area contributed by atoms with Crippen LogP contribution in [-0.4, -0.2) is 101 Å². The van der Waals surface area contributed by atoms with Gasteiger partial charge in [-0.3, -0.25) is 14.2 Å². The second-order valence-electron chi connectivity index (χ2n) is 10.5. The average molecular weight is 568 g/mol. The fourth-order valence-corrected chi connectivity index (χ4v) is 5.51. The zero-order valence-corrected chi connectivity index (χ0v) is 23.9. The van der Waals surface area contributed by atoms with Gasteiger partial charge in [0.25, 0.3) is 0 Å². The molecular formula is C31H37N9O2. The van der Waals surface area contributed by atoms with Crippen molar-refractivity contribution in [2.24, 2.45) is 0 Å². The first kappa shape index (κ1) is 27.8. The molecule has 5 heterocycles. The Morgan fingerprint density at radius 1 is 1.12 bits per heavy atom. The fourth-order valence-electron chi connectivity index (χ4n) is 5.51. The molecule has 0 bridgehead atoms. The zero-order chi connectivity index (χ0) is 28.7. The number of piperazine rings is 1. The highest BCUT2D eigenvalue weighted by molar-refractivity contribution is 6.08. The van der Waals surface area contributed by atoms with Gasteiger partial charge in [0.2, 0.25) is 0 Å². The Kier molecular flexibility index (Phi) is 8.69. The van der Waals surface area contributed by atoms with Crippen LogP contribution in [0.15, 0.2) is 67.4 Å². The number of anilines is 1. The topological polar surface area (TPSA) is 116 Å². The van der Waals surface area contributed by atoms with Crippen molar-refractivity contribution < 1.29 is 9.47 Å². The maximum absolute atomic E-state index is 7.59. The van der Waals surface area contributed by atoms with Crippen molar-refractivity contribution in [2.45, 2.75) is 12.6 Å². The number of nitrogens with one attached hydrogen (secondary N) is 3. The largest absolute Gasteiger partial charge is 0.492 e. The fraction of sp³-hybridized carbons (Fsp3) is 0.355. The molecule has 1 unspecified atom stereocenters. The molecule has 218 valence electrons. The Morgan fingerprint density at radius 3 is 2.88 bits per heavy atom. The van der Waals surface area contributed by atoms with Crippen molar-refractivity contribution in [3.8, 4) is 17.1 Å². The van der Waals surface area contributed by atoms with E-state index in [1.54, 1.807) is 6.33 Å². The molecular weight excluding hydrogens is 530 g/mol. The zero-order valence-electron chi connectivity index (χ0n) is 23.9. The Hall–Kier alpha value is -4.32. The summed E-state index contributed by atoms with van der Waals surface area (Å²) in [7, 11) is 1.83. The van der Waals surface area contributed by atoms with Gasteiger partial charge in [-0.15, -0.1) is 0 Å². The predicted octanol–water partition coefficient (Wildman–Crippen LogP) is 3.01. The van der Waals surface area contributed by atoms with Gasteiger partial charge in [-0.05, 0) is 17.2 Å². The van der Waals surface area contributed by atoms with E-state index in [0.717, 1.165) is 91.2 Å². The Morgan fingerprint density at radius 2 is 2.02 bits per heavy atom. The number of morpholine rings is 1. The van der Waals surface area contributed by atoms with Crippen LogP contribution >= 0.6 is 0 Å². The monoisotopic (exact) mass is 567 g/mol. The van der Waals surface area contributed by atoms with Crippen molar-refractivity contribution >= 4 is 23.3 Å². The minimum absolute atomic E-state index is 0.504. The third-order valence-electron chi connectivity index (χ3n) is 7.83. The summed E-state index contributed by atoms with van der Waals surface area (Å²) in [6, 6.07) is 14.5. The van der Waals surface area contributed by atoms with E-state index in [2.05, 4.69) is 35.4 Å². The SMILES string of the molecule is CN/C=C(\C=N)c1ccc(CNc2cc(-c3cnc4cc(OCCN5CCN6CCOCC6C5)ccn34)ncn2)cc1. The van der Waals surface area contributed by atoms with E-state index in [1.807, 2.05) is 72.5 Å². The second kappa shape index (κ2) is 13.1. The normalized spacial score (nSPS) is 18.0. The van der Waals surface area contributed by atoms with Crippen LogP contribution in [0.2, 0.25) is 0 Å². The average Bonchev–Trinajstić information content (AvgIpc) is 3.46. The van der Waals surface area contributed by atoms with Crippen molar-refractivity contribution in [3.63, 3.8) is 0 Å². The number of nitrogens with zero attached hydrogens (tertiary/aromatic N) is 6. The number of hydrogen-bond donors (Lipinski definition) is 3. The van der Waals surface area contributed by atoms with Gasteiger partial charge >= 0.3 is 0 Å². The number of benzene rings is 1. The van der Waals surface area contributed by atoms with E-state index in [1.165, 1.54) is 6.21 Å². The summed E-state index contributed by atoms with van der Waals surface area (Å²) in [6.45, 7) is 8.10. The van der Waals surface area contributed by atoms with E-state index in [-0.39, 0.29) is 0 Å². The maximum atomic E-state index is 7.59. The third-order valence-corrected chi connectivity index (χ3v) is 7.83. The molecule has 3 aromatic heterocycles. The molecule has 0 spiro atoms. The molecule has 42 heavy (non-hydrogen) atoms. The van der Waals surface area contributed by atoms with Crippen LogP contribution in [-0.2, 0) is 11.3 Å². The number of rotatable bonds is 11. The first-order chi connectivity index (χ1) is 20.7. The molecule has 0 saturated carbocycles. The van der Waals surface area contributed by atoms with Gasteiger partial charge in [-0.1, -0.05) is 24.3 Å². The van der Waals surface area contributed by atoms with Crippen molar-refractivity contribution in [1.82, 2.24) is 34.5 Å². The summed E-state index contributed by atoms with van der Waals surface area (Å²) in [4.78, 5) is 18.5. The van der Waals surface area contributed by atoms with E-state index < -0.39 is 0 Å². The molecule has 1 aromatic carbocycles. The van der Waals surface area contributed by atoms with Crippen molar-refractivity contribution in [3.05, 3.63) is 78.5 Å². The highest BCUT2D eigenvalue weighted by atomic mass is 16.5. The summed E-state index contributed by atoms with van der Waals surface area (Å²) in [6.07, 6.45) is 8.53. The van der Waals surface area contributed by atoms with Gasteiger partial charge in [0.15, 0.2) is 0 Å². The smallest absolute Gasteiger partial charge is 0.140 e. The van der Waals surface area contributed by atoms with Gasteiger partial charge in [0.05, 0.1) is 30.8 Å². The van der Waals surface area contributed by atoms with Gasteiger partial charge in [-0.2, -0.15) is 0 Å². The molecule has 0 aliphatic carbocycles. The summed E-state index contributed by atoms with van der Waals surface area (Å²) in [5, 5.41) is 14.0. The van der Waals surface area contributed by atoms with Gasteiger partial charge in [0, 0.05) is 88.7 Å². The van der Waals surface area contributed by atoms with Crippen LogP contribution in [0.1, 0.15) is 11.1 Å². The number of imidazole rings is 1. The standard InChI is InChI=1S/C31H37N9O2/c1-33-18-25(16-32)24-4-2-23(3-5-24)17-34-30-15-28(36-22-37-30)29-19-35-31-14-27(6-7-40(29)31)42-13-10-38-8-9-39-11-12-41-21-26(39)20-38/h2-7,14-16,18-19,22,26,32-33H,8-13,17,20-21H2,1H3,(H,34,36,37)/b25-18+,32-16?. The lowest BCUT2D eigenvalue weighted by Crippen LogP contribution is -2.58. The maximum Gasteiger partial charge on any atom is 0.140 e. The van der Waals surface area contributed by atoms with Crippen LogP contribution in [0.5, 0.6) is 5.75 Å². The molecule has 0 amide bonds. The molecule has 2 saturated heterocycles. The Bertz CT molecular complexity index is 1540. The molecule has 2 aliphatic heterocycles. The number of allylic oxidation sites excluding steroid dienone is 1. The van der Waals surface area contributed by atoms with Crippen LogP contribution in [0.3, 0.4) is 0 Å². The number of aromatic nitrogens is 4. The molecule has 1 atom stereocenters. The lowest BCUT2D eigenvalue weighted by molar-refractivity contribution is -0.0460. The third kappa shape index (κ3) is 6.43. The Labute approximate surface area is 245 Å². The quantitative estimate of drug-likeness (QED) is 0.235. The molecule has 0 radical (unpaired) electrons. The van der Waals surface area contributed by atoms with E-state index >= 15 is 0 Å². The molecule has 11 nitrogen and oxygen atoms in total. The lowest BCUT2D eigenvalue weighted by atomic mass is 10.1. The Balaban J connectivity index is 1.05. The summed E-state index contributed by atoms with van der Waals surface area (Å²) < 4.78 is 13.8. The van der Waals surface area contributed by atoms with Gasteiger partial charge < -0.3 is 25.5 Å². The van der Waals surface area contributed by atoms with Crippen molar-refractivity contribution in [1.29, 1.82) is 5.41 Å². The lowest BCUT2D eigenvalue weighted by Gasteiger charge is -2.43. The predicted molar refractivity (Wildman–Crippen MR) is 164 cm³/mol. The minimum Gasteiger partial charge on any atom is -0.492 e. The highest BCUT2D eigenvalue weighted by Crippen LogP contribution is 2.24. The number of fused-ring (bicyclic) bond motifs is 2. The van der Waals surface area contributed by atoms with Crippen molar-refractivity contribution in [2.75, 3.05) is 64.9 Å². The molecule has 11 heteroatoms. The molecule has 2 aliphatic rings. The van der Waals surface area contributed by atoms with E-state index in [4.69, 9.17) is 14.9 Å². The highest BCUT2D eigenvalue weighted by Gasteiger charge is 2.29. The van der Waals surface area contributed by atoms with Gasteiger partial charge in [0.1, 0.15) is 30.1 Å².